The molecule has 1 aliphatic rings. The maximum absolute atomic E-state index is 11.8. The first-order valence-electron chi connectivity index (χ1n) is 6.40. The molecule has 2 unspecified atom stereocenters. The Kier molecular flexibility index (Phi) is 4.20. The molecule has 2 atom stereocenters. The number of nitrogens with one attached hydrogen (secondary N) is 2. The molecule has 1 aromatic rings. The summed E-state index contributed by atoms with van der Waals surface area (Å²) in [4.78, 5) is 22.9. The van der Waals surface area contributed by atoms with E-state index in [2.05, 4.69) is 10.6 Å². The van der Waals surface area contributed by atoms with Crippen LogP contribution in [0.3, 0.4) is 0 Å². The van der Waals surface area contributed by atoms with Crippen molar-refractivity contribution in [2.24, 2.45) is 5.92 Å². The average molecular weight is 273 g/mol. The number of carbonyl (C=O) groups is 2. The normalized spacial score (nSPS) is 20.9. The predicted molar refractivity (Wildman–Crippen MR) is 72.1 cm³/mol. The van der Waals surface area contributed by atoms with Crippen LogP contribution in [0.15, 0.2) is 24.3 Å². The molecular formula is C14H15N3O3. The van der Waals surface area contributed by atoms with Gasteiger partial charge in [0, 0.05) is 11.7 Å². The van der Waals surface area contributed by atoms with Crippen molar-refractivity contribution in [3.8, 4) is 6.07 Å². The quantitative estimate of drug-likeness (QED) is 0.783. The van der Waals surface area contributed by atoms with Gasteiger partial charge in [0.05, 0.1) is 17.6 Å². The summed E-state index contributed by atoms with van der Waals surface area (Å²) in [5.74, 6) is -1.40. The van der Waals surface area contributed by atoms with E-state index in [1.807, 2.05) is 6.07 Å². The fourth-order valence-corrected chi connectivity index (χ4v) is 2.43. The zero-order valence-corrected chi connectivity index (χ0v) is 10.8. The highest BCUT2D eigenvalue weighted by Gasteiger charge is 2.33. The molecule has 1 aliphatic carbocycles. The van der Waals surface area contributed by atoms with Gasteiger partial charge in [0.15, 0.2) is 0 Å². The van der Waals surface area contributed by atoms with Crippen LogP contribution in [0.1, 0.15) is 24.8 Å². The van der Waals surface area contributed by atoms with Gasteiger partial charge in [0.2, 0.25) is 0 Å². The molecule has 6 heteroatoms. The van der Waals surface area contributed by atoms with E-state index < -0.39 is 17.9 Å². The minimum Gasteiger partial charge on any atom is -0.481 e. The fourth-order valence-electron chi connectivity index (χ4n) is 2.43. The lowest BCUT2D eigenvalue weighted by Crippen LogP contribution is -2.42. The second kappa shape index (κ2) is 6.06. The van der Waals surface area contributed by atoms with Crippen molar-refractivity contribution in [3.63, 3.8) is 0 Å². The van der Waals surface area contributed by atoms with E-state index in [1.165, 1.54) is 0 Å². The molecule has 6 nitrogen and oxygen atoms in total. The first kappa shape index (κ1) is 13.9. The average Bonchev–Trinajstić information content (AvgIpc) is 2.87. The second-order valence-electron chi connectivity index (χ2n) is 4.77. The molecule has 0 spiro atoms. The van der Waals surface area contributed by atoms with Crippen LogP contribution < -0.4 is 10.6 Å². The lowest BCUT2D eigenvalue weighted by atomic mass is 10.0. The van der Waals surface area contributed by atoms with Gasteiger partial charge in [-0.15, -0.1) is 0 Å². The van der Waals surface area contributed by atoms with E-state index in [9.17, 15) is 9.59 Å². The molecule has 0 aliphatic heterocycles. The van der Waals surface area contributed by atoms with E-state index in [1.54, 1.807) is 24.3 Å². The number of carboxylic acid groups (broad SMARTS) is 1. The minimum atomic E-state index is -0.876. The topological polar surface area (TPSA) is 102 Å². The Labute approximate surface area is 116 Å². The fraction of sp³-hybridized carbons (Fsp3) is 0.357. The second-order valence-corrected chi connectivity index (χ2v) is 4.77. The van der Waals surface area contributed by atoms with Crippen molar-refractivity contribution in [2.75, 3.05) is 5.32 Å². The Morgan fingerprint density at radius 2 is 2.15 bits per heavy atom. The maximum atomic E-state index is 11.8. The number of rotatable bonds is 3. The van der Waals surface area contributed by atoms with Crippen LogP contribution in [0.5, 0.6) is 0 Å². The third-order valence-corrected chi connectivity index (χ3v) is 3.40. The lowest BCUT2D eigenvalue weighted by molar-refractivity contribution is -0.142. The number of amides is 2. The molecule has 0 saturated heterocycles. The standard InChI is InChI=1S/C14H15N3O3/c15-8-9-3-1-4-10(7-9)16-14(20)17-12-6-2-5-11(12)13(18)19/h1,3-4,7,11-12H,2,5-6H2,(H,18,19)(H2,16,17,20). The van der Waals surface area contributed by atoms with Crippen molar-refractivity contribution in [2.45, 2.75) is 25.3 Å². The van der Waals surface area contributed by atoms with Gasteiger partial charge in [-0.25, -0.2) is 4.79 Å². The summed E-state index contributed by atoms with van der Waals surface area (Å²) >= 11 is 0. The van der Waals surface area contributed by atoms with Crippen molar-refractivity contribution < 1.29 is 14.7 Å². The number of hydrogen-bond acceptors (Lipinski definition) is 3. The summed E-state index contributed by atoms with van der Waals surface area (Å²) in [6.07, 6.45) is 2.05. The number of carbonyl (C=O) groups excluding carboxylic acids is 1. The Morgan fingerprint density at radius 1 is 1.35 bits per heavy atom. The van der Waals surface area contributed by atoms with Crippen molar-refractivity contribution in [3.05, 3.63) is 29.8 Å². The lowest BCUT2D eigenvalue weighted by Gasteiger charge is -2.18. The SMILES string of the molecule is N#Cc1cccc(NC(=O)NC2CCCC2C(=O)O)c1. The van der Waals surface area contributed by atoms with E-state index in [0.29, 0.717) is 24.1 Å². The van der Waals surface area contributed by atoms with Gasteiger partial charge in [-0.3, -0.25) is 4.79 Å². The van der Waals surface area contributed by atoms with Gasteiger partial charge < -0.3 is 15.7 Å². The summed E-state index contributed by atoms with van der Waals surface area (Å²) in [5, 5.41) is 23.1. The van der Waals surface area contributed by atoms with Crippen LogP contribution in [0, 0.1) is 17.2 Å². The highest BCUT2D eigenvalue weighted by atomic mass is 16.4. The molecule has 20 heavy (non-hydrogen) atoms. The molecule has 104 valence electrons. The van der Waals surface area contributed by atoms with E-state index in [0.717, 1.165) is 6.42 Å². The third-order valence-electron chi connectivity index (χ3n) is 3.40. The monoisotopic (exact) mass is 273 g/mol. The van der Waals surface area contributed by atoms with E-state index in [-0.39, 0.29) is 6.04 Å². The Balaban J connectivity index is 1.95. The van der Waals surface area contributed by atoms with Gasteiger partial charge >= 0.3 is 12.0 Å². The number of urea groups is 1. The summed E-state index contributed by atoms with van der Waals surface area (Å²) in [7, 11) is 0. The van der Waals surface area contributed by atoms with Crippen LogP contribution in [0.2, 0.25) is 0 Å². The zero-order chi connectivity index (χ0) is 14.5. The molecule has 2 rings (SSSR count). The largest absolute Gasteiger partial charge is 0.481 e. The van der Waals surface area contributed by atoms with Crippen LogP contribution in [-0.4, -0.2) is 23.1 Å². The number of aliphatic carboxylic acids is 1. The Bertz CT molecular complexity index is 565. The first-order chi connectivity index (χ1) is 9.60. The van der Waals surface area contributed by atoms with Crippen molar-refractivity contribution >= 4 is 17.7 Å². The number of benzene rings is 1. The summed E-state index contributed by atoms with van der Waals surface area (Å²) in [6.45, 7) is 0. The highest BCUT2D eigenvalue weighted by molar-refractivity contribution is 5.90. The summed E-state index contributed by atoms with van der Waals surface area (Å²) in [5.41, 5.74) is 0.957. The maximum Gasteiger partial charge on any atom is 0.319 e. The molecule has 1 fully saturated rings. The van der Waals surface area contributed by atoms with Crippen LogP contribution >= 0.6 is 0 Å². The molecule has 0 aromatic heterocycles. The third kappa shape index (κ3) is 3.26. The highest BCUT2D eigenvalue weighted by Crippen LogP contribution is 2.25. The molecular weight excluding hydrogens is 258 g/mol. The van der Waals surface area contributed by atoms with Crippen LogP contribution in [0.4, 0.5) is 10.5 Å². The molecule has 0 bridgehead atoms. The van der Waals surface area contributed by atoms with E-state index >= 15 is 0 Å². The first-order valence-corrected chi connectivity index (χ1v) is 6.40. The smallest absolute Gasteiger partial charge is 0.319 e. The van der Waals surface area contributed by atoms with Crippen LogP contribution in [-0.2, 0) is 4.79 Å². The minimum absolute atomic E-state index is 0.341. The summed E-state index contributed by atoms with van der Waals surface area (Å²) < 4.78 is 0. The molecule has 1 saturated carbocycles. The van der Waals surface area contributed by atoms with Crippen molar-refractivity contribution in [1.29, 1.82) is 5.26 Å². The zero-order valence-electron chi connectivity index (χ0n) is 10.8. The Hall–Kier alpha value is -2.55. The van der Waals surface area contributed by atoms with Gasteiger partial charge in [-0.05, 0) is 31.0 Å². The number of anilines is 1. The molecule has 3 N–H and O–H groups in total. The van der Waals surface area contributed by atoms with E-state index in [4.69, 9.17) is 10.4 Å². The number of nitrogens with zero attached hydrogens (tertiary/aromatic N) is 1. The number of hydrogen-bond donors (Lipinski definition) is 3. The summed E-state index contributed by atoms with van der Waals surface area (Å²) in [6, 6.07) is 7.74. The molecule has 1 aromatic carbocycles. The predicted octanol–water partition coefficient (Wildman–Crippen LogP) is 1.93. The number of nitriles is 1. The molecule has 0 heterocycles. The van der Waals surface area contributed by atoms with Gasteiger partial charge in [-0.2, -0.15) is 5.26 Å². The molecule has 2 amide bonds. The van der Waals surface area contributed by atoms with Gasteiger partial charge in [-0.1, -0.05) is 12.5 Å². The van der Waals surface area contributed by atoms with Gasteiger partial charge in [0.1, 0.15) is 0 Å². The molecule has 0 radical (unpaired) electrons. The Morgan fingerprint density at radius 3 is 2.85 bits per heavy atom. The van der Waals surface area contributed by atoms with Crippen LogP contribution in [0.25, 0.3) is 0 Å². The van der Waals surface area contributed by atoms with Gasteiger partial charge in [0.25, 0.3) is 0 Å². The van der Waals surface area contributed by atoms with Crippen molar-refractivity contribution in [1.82, 2.24) is 5.32 Å². The number of carboxylic acids is 1.